The quantitative estimate of drug-likeness (QED) is 0.104. The van der Waals surface area contributed by atoms with Crippen molar-refractivity contribution in [3.63, 3.8) is 0 Å². The number of nitrogens with zero attached hydrogens (tertiary/aromatic N) is 3. The van der Waals surface area contributed by atoms with Crippen LogP contribution in [0.25, 0.3) is 0 Å². The molecule has 220 valence electrons. The number of alkyl halides is 1. The van der Waals surface area contributed by atoms with E-state index in [0.29, 0.717) is 63.7 Å². The molecule has 0 bridgehead atoms. The molecule has 0 saturated heterocycles. The number of aromatic nitrogens is 3. The topological polar surface area (TPSA) is 132 Å². The van der Waals surface area contributed by atoms with E-state index in [1.165, 1.54) is 0 Å². The van der Waals surface area contributed by atoms with Gasteiger partial charge in [0.2, 0.25) is 11.6 Å². The van der Waals surface area contributed by atoms with Crippen molar-refractivity contribution in [3.8, 4) is 0 Å². The summed E-state index contributed by atoms with van der Waals surface area (Å²) in [6.07, 6.45) is 9.13. The number of fused-ring (bicyclic) bond motifs is 1. The summed E-state index contributed by atoms with van der Waals surface area (Å²) in [5, 5.41) is 14.0. The molecule has 2 atom stereocenters. The van der Waals surface area contributed by atoms with Crippen molar-refractivity contribution in [3.05, 3.63) is 11.4 Å². The number of carbonyl (C=O) groups excluding carboxylic acids is 3. The van der Waals surface area contributed by atoms with Crippen LogP contribution < -0.4 is 37.4 Å². The standard InChI is InChI=1S/C26H45FN6O3.H2IS/c1-29-20(12-7-10-18-28)22(34)14-8-11-19-33-21-13-4-3-9-17-26(27,25(21)31-32-33)23(35)15-5-6-16-24(36)30-2;1-2/h20,29H,3-19,28H2,1-2H3,(H,30,36);1-2H/q;-1/t20-,26?;/m0./s1/i;1D. The zero-order chi connectivity index (χ0) is 29.1. The van der Waals surface area contributed by atoms with E-state index in [-0.39, 0.29) is 36.3 Å². The molecule has 9 nitrogen and oxygen atoms in total. The van der Waals surface area contributed by atoms with Crippen molar-refractivity contribution in [2.75, 3.05) is 20.6 Å². The van der Waals surface area contributed by atoms with Gasteiger partial charge in [-0.1, -0.05) is 18.1 Å². The van der Waals surface area contributed by atoms with Gasteiger partial charge >= 0.3 is 31.4 Å². The first-order valence-electron chi connectivity index (χ1n) is 14.2. The van der Waals surface area contributed by atoms with Gasteiger partial charge in [-0.2, -0.15) is 0 Å². The summed E-state index contributed by atoms with van der Waals surface area (Å²) < 4.78 is 24.1. The third-order valence-corrected chi connectivity index (χ3v) is 7.15. The summed E-state index contributed by atoms with van der Waals surface area (Å²) in [5.41, 5.74) is 4.30. The Morgan fingerprint density at radius 2 is 1.84 bits per heavy atom. The molecule has 1 aromatic heterocycles. The van der Waals surface area contributed by atoms with Gasteiger partial charge in [0.05, 0.1) is 11.7 Å². The van der Waals surface area contributed by atoms with E-state index in [1.54, 1.807) is 11.7 Å². The summed E-state index contributed by atoms with van der Waals surface area (Å²) in [6.45, 7) is 1.18. The third-order valence-electron chi connectivity index (χ3n) is 7.15. The fourth-order valence-electron chi connectivity index (χ4n) is 4.88. The monoisotopic (exact) mass is 670 g/mol. The van der Waals surface area contributed by atoms with Crippen LogP contribution in [0.4, 0.5) is 4.39 Å². The number of halogens is 2. The van der Waals surface area contributed by atoms with Crippen molar-refractivity contribution < 1.29 is 39.8 Å². The van der Waals surface area contributed by atoms with Gasteiger partial charge in [0.25, 0.3) is 0 Å². The number of nitrogens with one attached hydrogen (secondary N) is 2. The van der Waals surface area contributed by atoms with Crippen LogP contribution in [0.15, 0.2) is 0 Å². The second-order valence-corrected chi connectivity index (χ2v) is 9.82. The molecule has 0 fully saturated rings. The molecule has 1 aromatic rings. The fourth-order valence-corrected chi connectivity index (χ4v) is 4.88. The molecule has 1 amide bonds. The van der Waals surface area contributed by atoms with Crippen LogP contribution in [0.5, 0.6) is 0 Å². The molecule has 0 saturated carbocycles. The van der Waals surface area contributed by atoms with Crippen molar-refractivity contribution in [1.29, 1.82) is 0.594 Å². The number of amides is 1. The molecule has 4 N–H and O–H groups in total. The molecule has 0 aromatic carbocycles. The van der Waals surface area contributed by atoms with Crippen LogP contribution in [0, 0.1) is 0 Å². The van der Waals surface area contributed by atoms with Gasteiger partial charge in [-0.05, 0) is 77.8 Å². The van der Waals surface area contributed by atoms with Crippen molar-refractivity contribution in [1.82, 2.24) is 25.6 Å². The van der Waals surface area contributed by atoms with E-state index >= 15 is 4.39 Å². The molecule has 0 aliphatic heterocycles. The molecular weight excluding hydrogens is 622 g/mol. The number of Topliss-reactive ketones (excluding diaryl/α,β-unsaturated/α-hetero) is 2. The molecule has 1 aliphatic rings. The van der Waals surface area contributed by atoms with Gasteiger partial charge in [0, 0.05) is 32.9 Å². The van der Waals surface area contributed by atoms with Gasteiger partial charge in [-0.25, -0.2) is 9.07 Å². The third kappa shape index (κ3) is 11.2. The predicted octanol–water partition coefficient (Wildman–Crippen LogP) is 0.00810. The average Bonchev–Trinajstić information content (AvgIpc) is 3.32. The predicted molar refractivity (Wildman–Crippen MR) is 148 cm³/mol. The van der Waals surface area contributed by atoms with Gasteiger partial charge in [-0.3, -0.25) is 14.4 Å². The minimum atomic E-state index is -2.12. The number of rotatable bonds is 17. The number of ketones is 2. The molecule has 12 heteroatoms. The SMILES string of the molecule is CNC(=O)CCCCC(=O)C1(F)CCCCCc2c1nnn2CCCCC(=O)[C@H](CCCCN)NC.[2H][I-]S. The van der Waals surface area contributed by atoms with Gasteiger partial charge < -0.3 is 16.4 Å². The Kier molecular flexibility index (Phi) is 17.3. The van der Waals surface area contributed by atoms with Crippen LogP contribution in [0.1, 0.15) is 101 Å². The first-order valence-corrected chi connectivity index (χ1v) is 17.0. The van der Waals surface area contributed by atoms with E-state index in [1.807, 2.05) is 7.05 Å². The number of likely N-dealkylation sites (N-methyl/N-ethyl adjacent to an activating group) is 1. The number of thiol groups is 1. The Labute approximate surface area is 244 Å². The molecule has 0 radical (unpaired) electrons. The first kappa shape index (κ1) is 33.1. The summed E-state index contributed by atoms with van der Waals surface area (Å²) in [6, 6.07) is -0.141. The number of hydrogen-bond acceptors (Lipinski definition) is 8. The maximum absolute atomic E-state index is 16.2. The van der Waals surface area contributed by atoms with Crippen LogP contribution in [-0.2, 0) is 33.0 Å². The molecular formula is C26H47FIN6O3S-. The Balaban J connectivity index is 0.00000242. The Morgan fingerprint density at radius 1 is 1.13 bits per heavy atom. The second kappa shape index (κ2) is 19.9. The molecule has 2 rings (SSSR count). The van der Waals surface area contributed by atoms with E-state index in [0.717, 1.165) is 38.5 Å². The fraction of sp³-hybridized carbons (Fsp3) is 0.808. The Morgan fingerprint density at radius 3 is 2.53 bits per heavy atom. The number of unbranched alkanes of at least 4 members (excludes halogenated alkanes) is 3. The zero-order valence-electron chi connectivity index (χ0n) is 23.9. The number of aryl methyl sites for hydroxylation is 1. The van der Waals surface area contributed by atoms with Gasteiger partial charge in [0.15, 0.2) is 5.78 Å². The van der Waals surface area contributed by atoms with Gasteiger partial charge in [0.1, 0.15) is 11.5 Å². The summed E-state index contributed by atoms with van der Waals surface area (Å²) >= 11 is -0.466. The van der Waals surface area contributed by atoms with Crippen LogP contribution in [0.2, 0.25) is 0 Å². The van der Waals surface area contributed by atoms with E-state index in [9.17, 15) is 14.4 Å². The van der Waals surface area contributed by atoms with E-state index < -0.39 is 32.5 Å². The van der Waals surface area contributed by atoms with Crippen molar-refractivity contribution in [2.45, 2.75) is 115 Å². The van der Waals surface area contributed by atoms with Crippen LogP contribution >= 0.6 is 9.80 Å². The zero-order valence-corrected chi connectivity index (χ0v) is 26.0. The Hall–Kier alpha value is -1.12. The summed E-state index contributed by atoms with van der Waals surface area (Å²) in [7, 11) is 6.95. The van der Waals surface area contributed by atoms with E-state index in [2.05, 4.69) is 30.7 Å². The van der Waals surface area contributed by atoms with Crippen LogP contribution in [0.3, 0.4) is 0 Å². The summed E-state index contributed by atoms with van der Waals surface area (Å²) in [4.78, 5) is 36.9. The van der Waals surface area contributed by atoms with E-state index in [4.69, 9.17) is 6.33 Å². The molecule has 38 heavy (non-hydrogen) atoms. The molecule has 0 spiro atoms. The molecule has 1 heterocycles. The minimum absolute atomic E-state index is 0.0802. The Bertz CT molecular complexity index is 881. The normalized spacial score (nSPS) is 18.3. The number of hydrogen-bond donors (Lipinski definition) is 4. The first-order chi connectivity index (χ1) is 18.8. The maximum atomic E-state index is 16.2. The number of carbonyl (C=O) groups is 3. The van der Waals surface area contributed by atoms with Crippen molar-refractivity contribution in [2.24, 2.45) is 5.73 Å². The van der Waals surface area contributed by atoms with Crippen LogP contribution in [-0.4, -0.2) is 59.7 Å². The average molecular weight is 671 g/mol. The number of nitrogens with two attached hydrogens (primary N) is 1. The molecule has 1 unspecified atom stereocenters. The van der Waals surface area contributed by atoms with Crippen molar-refractivity contribution >= 4 is 27.3 Å². The van der Waals surface area contributed by atoms with Gasteiger partial charge in [-0.15, -0.1) is 5.10 Å². The molecule has 1 aliphatic carbocycles. The summed E-state index contributed by atoms with van der Waals surface area (Å²) in [5.74, 6) is -0.343. The second-order valence-electron chi connectivity index (χ2n) is 9.82.